The number of nitrogens with one attached hydrogen (secondary N) is 1. The molecule has 2 aromatic heterocycles. The van der Waals surface area contributed by atoms with Crippen LogP contribution in [0.2, 0.25) is 0 Å². The number of nitrogens with two attached hydrogens (primary N) is 1. The zero-order chi connectivity index (χ0) is 20.8. The molecule has 6 nitrogen and oxygen atoms in total. The second kappa shape index (κ2) is 7.35. The predicted octanol–water partition coefficient (Wildman–Crippen LogP) is 4.35. The third-order valence-corrected chi connectivity index (χ3v) is 7.88. The molecule has 0 saturated carbocycles. The van der Waals surface area contributed by atoms with Crippen molar-refractivity contribution < 1.29 is 0 Å². The summed E-state index contributed by atoms with van der Waals surface area (Å²) in [4.78, 5) is 11.3. The molecule has 2 aromatic carbocycles. The van der Waals surface area contributed by atoms with Crippen LogP contribution in [0.15, 0.2) is 70.8 Å². The van der Waals surface area contributed by atoms with E-state index in [1.165, 1.54) is 16.5 Å². The number of fused-ring (bicyclic) bond motifs is 2. The van der Waals surface area contributed by atoms with Crippen LogP contribution in [0.5, 0.6) is 0 Å². The molecular weight excluding hydrogens is 404 g/mol. The number of nitrogens with zero attached hydrogens (tertiary/aromatic N) is 4. The topological polar surface area (TPSA) is 83.7 Å². The first-order valence-electron chi connectivity index (χ1n) is 10.7. The highest BCUT2D eigenvalue weighted by molar-refractivity contribution is 7.99. The normalized spacial score (nSPS) is 19.8. The molecule has 7 heteroatoms. The molecular formula is C24H24N6S. The summed E-state index contributed by atoms with van der Waals surface area (Å²) >= 11 is 1.59. The number of aromatic amines is 1. The summed E-state index contributed by atoms with van der Waals surface area (Å²) in [6.45, 7) is 1.83. The van der Waals surface area contributed by atoms with Gasteiger partial charge in [-0.25, -0.2) is 4.98 Å². The minimum absolute atomic E-state index is 0.125. The Kier molecular flexibility index (Phi) is 4.47. The van der Waals surface area contributed by atoms with Gasteiger partial charge in [0.1, 0.15) is 5.03 Å². The molecule has 3 heterocycles. The quantitative estimate of drug-likeness (QED) is 0.505. The summed E-state index contributed by atoms with van der Waals surface area (Å²) < 4.78 is 0. The van der Waals surface area contributed by atoms with Gasteiger partial charge in [-0.1, -0.05) is 54.2 Å². The molecule has 0 amide bonds. The van der Waals surface area contributed by atoms with Crippen molar-refractivity contribution in [3.8, 4) is 0 Å². The zero-order valence-electron chi connectivity index (χ0n) is 17.2. The number of benzene rings is 2. The van der Waals surface area contributed by atoms with Crippen molar-refractivity contribution >= 4 is 28.6 Å². The molecule has 1 spiro atoms. The van der Waals surface area contributed by atoms with E-state index in [0.717, 1.165) is 47.8 Å². The van der Waals surface area contributed by atoms with Gasteiger partial charge in [0.05, 0.1) is 6.20 Å². The van der Waals surface area contributed by atoms with Crippen LogP contribution in [-0.4, -0.2) is 33.3 Å². The largest absolute Gasteiger partial charge is 0.360 e. The molecule has 1 aliphatic heterocycles. The number of hydrogen-bond acceptors (Lipinski definition) is 6. The average molecular weight is 429 g/mol. The highest BCUT2D eigenvalue weighted by Crippen LogP contribution is 2.50. The summed E-state index contributed by atoms with van der Waals surface area (Å²) in [5, 5.41) is 10.9. The van der Waals surface area contributed by atoms with Gasteiger partial charge in [0, 0.05) is 41.1 Å². The van der Waals surface area contributed by atoms with Crippen molar-refractivity contribution in [1.29, 1.82) is 0 Å². The fourth-order valence-electron chi connectivity index (χ4n) is 5.15. The lowest BCUT2D eigenvalue weighted by Crippen LogP contribution is -2.45. The highest BCUT2D eigenvalue weighted by atomic mass is 32.2. The van der Waals surface area contributed by atoms with E-state index in [0.29, 0.717) is 5.95 Å². The SMILES string of the molecule is N[C@@H]1c2ccccc2CC12CCN(c1ncc(Sc3c[nH]c4ccccc34)nn1)CC2. The lowest BCUT2D eigenvalue weighted by molar-refractivity contribution is 0.186. The first-order valence-corrected chi connectivity index (χ1v) is 11.6. The number of piperidine rings is 1. The molecule has 6 rings (SSSR count). The van der Waals surface area contributed by atoms with Crippen molar-refractivity contribution in [3.05, 3.63) is 72.1 Å². The first-order chi connectivity index (χ1) is 15.2. The smallest absolute Gasteiger partial charge is 0.245 e. The Balaban J connectivity index is 1.14. The minimum atomic E-state index is 0.125. The average Bonchev–Trinajstić information content (AvgIpc) is 3.34. The molecule has 1 saturated heterocycles. The number of aromatic nitrogens is 4. The van der Waals surface area contributed by atoms with Crippen molar-refractivity contribution in [3.63, 3.8) is 0 Å². The monoisotopic (exact) mass is 428 g/mol. The van der Waals surface area contributed by atoms with Gasteiger partial charge in [-0.15, -0.1) is 10.2 Å². The molecule has 0 bridgehead atoms. The van der Waals surface area contributed by atoms with Crippen LogP contribution < -0.4 is 10.6 Å². The van der Waals surface area contributed by atoms with Crippen LogP contribution in [0.25, 0.3) is 10.9 Å². The van der Waals surface area contributed by atoms with Gasteiger partial charge in [0.15, 0.2) is 0 Å². The number of H-pyrrole nitrogens is 1. The predicted molar refractivity (Wildman–Crippen MR) is 123 cm³/mol. The summed E-state index contributed by atoms with van der Waals surface area (Å²) in [7, 11) is 0. The summed E-state index contributed by atoms with van der Waals surface area (Å²) in [6, 6.07) is 17.0. The van der Waals surface area contributed by atoms with E-state index in [1.54, 1.807) is 11.8 Å². The van der Waals surface area contributed by atoms with Gasteiger partial charge in [-0.05, 0) is 41.9 Å². The lowest BCUT2D eigenvalue weighted by atomic mass is 9.73. The maximum Gasteiger partial charge on any atom is 0.245 e. The third kappa shape index (κ3) is 3.20. The van der Waals surface area contributed by atoms with Gasteiger partial charge in [-0.2, -0.15) is 0 Å². The van der Waals surface area contributed by atoms with E-state index in [9.17, 15) is 0 Å². The standard InChI is InChI=1S/C24H24N6S/c25-22-17-6-2-1-5-16(17)13-24(22)9-11-30(12-10-24)23-27-15-21(28-29-23)31-20-14-26-19-8-4-3-7-18(19)20/h1-8,14-15,22,26H,9-13,25H2/t22-/m1/s1. The Morgan fingerprint density at radius 2 is 1.84 bits per heavy atom. The van der Waals surface area contributed by atoms with Crippen LogP contribution in [-0.2, 0) is 6.42 Å². The van der Waals surface area contributed by atoms with E-state index in [-0.39, 0.29) is 11.5 Å². The van der Waals surface area contributed by atoms with Gasteiger partial charge < -0.3 is 15.6 Å². The molecule has 1 aliphatic carbocycles. The third-order valence-electron chi connectivity index (χ3n) is 6.93. The van der Waals surface area contributed by atoms with Gasteiger partial charge in [0.25, 0.3) is 0 Å². The summed E-state index contributed by atoms with van der Waals surface area (Å²) in [5.74, 6) is 0.710. The molecule has 31 heavy (non-hydrogen) atoms. The first kappa shape index (κ1) is 18.8. The Morgan fingerprint density at radius 1 is 1.03 bits per heavy atom. The lowest BCUT2D eigenvalue weighted by Gasteiger charge is -2.42. The van der Waals surface area contributed by atoms with Crippen molar-refractivity contribution in [2.75, 3.05) is 18.0 Å². The Morgan fingerprint density at radius 3 is 2.65 bits per heavy atom. The molecule has 2 aliphatic rings. The second-order valence-electron chi connectivity index (χ2n) is 8.60. The van der Waals surface area contributed by atoms with Crippen LogP contribution in [0.3, 0.4) is 0 Å². The maximum atomic E-state index is 6.70. The van der Waals surface area contributed by atoms with Gasteiger partial charge in [0.2, 0.25) is 5.95 Å². The van der Waals surface area contributed by atoms with Gasteiger partial charge in [-0.3, -0.25) is 0 Å². The zero-order valence-corrected chi connectivity index (χ0v) is 18.0. The van der Waals surface area contributed by atoms with Crippen LogP contribution in [0, 0.1) is 5.41 Å². The van der Waals surface area contributed by atoms with Gasteiger partial charge >= 0.3 is 0 Å². The molecule has 1 atom stereocenters. The molecule has 3 N–H and O–H groups in total. The maximum absolute atomic E-state index is 6.70. The number of anilines is 1. The highest BCUT2D eigenvalue weighted by Gasteiger charge is 2.46. The fraction of sp³-hybridized carbons (Fsp3) is 0.292. The van der Waals surface area contributed by atoms with Crippen LogP contribution in [0.4, 0.5) is 5.95 Å². The number of para-hydroxylation sites is 1. The Hall–Kier alpha value is -2.90. The molecule has 1 fully saturated rings. The number of hydrogen-bond donors (Lipinski definition) is 2. The van der Waals surface area contributed by atoms with E-state index in [1.807, 2.05) is 24.5 Å². The summed E-state index contributed by atoms with van der Waals surface area (Å²) in [5.41, 5.74) is 10.7. The molecule has 0 radical (unpaired) electrons. The minimum Gasteiger partial charge on any atom is -0.360 e. The van der Waals surface area contributed by atoms with E-state index in [2.05, 4.69) is 61.5 Å². The molecule has 0 unspecified atom stereocenters. The molecule has 4 aromatic rings. The Labute approximate surface area is 185 Å². The fourth-order valence-corrected chi connectivity index (χ4v) is 5.97. The van der Waals surface area contributed by atoms with Crippen molar-refractivity contribution in [2.24, 2.45) is 11.1 Å². The van der Waals surface area contributed by atoms with E-state index >= 15 is 0 Å². The Bertz CT molecular complexity index is 1230. The van der Waals surface area contributed by atoms with Crippen molar-refractivity contribution in [1.82, 2.24) is 20.2 Å². The van der Waals surface area contributed by atoms with Crippen molar-refractivity contribution in [2.45, 2.75) is 35.2 Å². The van der Waals surface area contributed by atoms with Crippen LogP contribution >= 0.6 is 11.8 Å². The molecule has 156 valence electrons. The summed E-state index contributed by atoms with van der Waals surface area (Å²) in [6.07, 6.45) is 7.03. The van der Waals surface area contributed by atoms with E-state index < -0.39 is 0 Å². The van der Waals surface area contributed by atoms with E-state index in [4.69, 9.17) is 5.73 Å². The van der Waals surface area contributed by atoms with Crippen LogP contribution in [0.1, 0.15) is 30.0 Å². The second-order valence-corrected chi connectivity index (χ2v) is 9.66. The number of rotatable bonds is 3.